The second kappa shape index (κ2) is 10.2. The normalized spacial score (nSPS) is 22.0. The summed E-state index contributed by atoms with van der Waals surface area (Å²) >= 11 is 6.07. The van der Waals surface area contributed by atoms with Crippen LogP contribution in [-0.4, -0.2) is 46.5 Å². The lowest BCUT2D eigenvalue weighted by Gasteiger charge is -2.34. The third kappa shape index (κ3) is 5.50. The van der Waals surface area contributed by atoms with Gasteiger partial charge in [-0.05, 0) is 74.8 Å². The fraction of sp³-hybridized carbons (Fsp3) is 0.600. The first kappa shape index (κ1) is 22.3. The van der Waals surface area contributed by atoms with Crippen molar-refractivity contribution < 1.29 is 4.79 Å². The van der Waals surface area contributed by atoms with Crippen LogP contribution in [0.4, 0.5) is 0 Å². The molecule has 6 heteroatoms. The van der Waals surface area contributed by atoms with E-state index in [1.54, 1.807) is 0 Å². The van der Waals surface area contributed by atoms with Crippen LogP contribution in [0.15, 0.2) is 24.3 Å². The molecule has 0 aliphatic carbocycles. The van der Waals surface area contributed by atoms with Crippen LogP contribution >= 0.6 is 11.6 Å². The van der Waals surface area contributed by atoms with E-state index >= 15 is 0 Å². The van der Waals surface area contributed by atoms with Gasteiger partial charge in [0.05, 0.1) is 5.69 Å². The second-order valence-electron chi connectivity index (χ2n) is 9.51. The zero-order valence-electron chi connectivity index (χ0n) is 18.9. The van der Waals surface area contributed by atoms with Crippen LogP contribution in [0.5, 0.6) is 0 Å². The number of nitrogens with zero attached hydrogens (tertiary/aromatic N) is 3. The topological polar surface area (TPSA) is 50.2 Å². The maximum atomic E-state index is 13.1. The Morgan fingerprint density at radius 3 is 2.61 bits per heavy atom. The minimum absolute atomic E-state index is 0.0359. The largest absolute Gasteiger partial charge is 0.351 e. The fourth-order valence-corrected chi connectivity index (χ4v) is 5.41. The number of amides is 1. The molecule has 2 atom stereocenters. The standard InChI is InChI=1S/C25H35ClN4O/c1-18-15-19(2)17-29(16-18)13-6-12-27-25(31)23-22-7-4-3-5-14-30(22)24(28-23)20-8-10-21(26)11-9-20/h8-11,18-19H,3-7,12-17H2,1-2H3,(H,27,31). The Morgan fingerprint density at radius 2 is 1.87 bits per heavy atom. The Labute approximate surface area is 191 Å². The maximum absolute atomic E-state index is 13.1. The molecule has 0 bridgehead atoms. The molecule has 0 saturated carbocycles. The first-order chi connectivity index (χ1) is 15.0. The summed E-state index contributed by atoms with van der Waals surface area (Å²) < 4.78 is 2.25. The van der Waals surface area contributed by atoms with E-state index in [1.165, 1.54) is 25.9 Å². The van der Waals surface area contributed by atoms with Crippen LogP contribution < -0.4 is 5.32 Å². The van der Waals surface area contributed by atoms with E-state index in [2.05, 4.69) is 28.6 Å². The summed E-state index contributed by atoms with van der Waals surface area (Å²) in [4.78, 5) is 20.4. The lowest BCUT2D eigenvalue weighted by atomic mass is 9.92. The Kier molecular flexibility index (Phi) is 7.34. The van der Waals surface area contributed by atoms with Gasteiger partial charge < -0.3 is 14.8 Å². The monoisotopic (exact) mass is 442 g/mol. The van der Waals surface area contributed by atoms with Gasteiger partial charge in [0.15, 0.2) is 0 Å². The molecule has 1 N–H and O–H groups in total. The average Bonchev–Trinajstić information content (AvgIpc) is 2.92. The Balaban J connectivity index is 1.42. The van der Waals surface area contributed by atoms with Gasteiger partial charge in [0.25, 0.3) is 5.91 Å². The van der Waals surface area contributed by atoms with E-state index in [0.717, 1.165) is 67.7 Å². The molecule has 5 nitrogen and oxygen atoms in total. The Bertz CT molecular complexity index is 882. The molecule has 2 aliphatic heterocycles. The number of carbonyl (C=O) groups excluding carboxylic acids is 1. The quantitative estimate of drug-likeness (QED) is 0.638. The molecule has 0 spiro atoms. The predicted molar refractivity (Wildman–Crippen MR) is 127 cm³/mol. The SMILES string of the molecule is CC1CC(C)CN(CCCNC(=O)c2nc(-c3ccc(Cl)cc3)n3c2CCCCC3)C1. The summed E-state index contributed by atoms with van der Waals surface area (Å²) in [5, 5.41) is 3.85. The van der Waals surface area contributed by atoms with Crippen LogP contribution in [0.3, 0.4) is 0 Å². The maximum Gasteiger partial charge on any atom is 0.271 e. The second-order valence-corrected chi connectivity index (χ2v) is 9.95. The van der Waals surface area contributed by atoms with E-state index in [9.17, 15) is 4.79 Å². The summed E-state index contributed by atoms with van der Waals surface area (Å²) in [5.41, 5.74) is 2.70. The summed E-state index contributed by atoms with van der Waals surface area (Å²) in [6, 6.07) is 7.75. The molecule has 1 saturated heterocycles. The van der Waals surface area contributed by atoms with Crippen molar-refractivity contribution in [3.05, 3.63) is 40.7 Å². The molecule has 1 amide bonds. The van der Waals surface area contributed by atoms with Crippen molar-refractivity contribution in [1.29, 1.82) is 0 Å². The number of piperidine rings is 1. The summed E-state index contributed by atoms with van der Waals surface area (Å²) in [5.74, 6) is 2.39. The molecule has 2 aromatic rings. The van der Waals surface area contributed by atoms with E-state index in [1.807, 2.05) is 24.3 Å². The highest BCUT2D eigenvalue weighted by molar-refractivity contribution is 6.30. The molecule has 2 unspecified atom stereocenters. The van der Waals surface area contributed by atoms with Gasteiger partial charge in [0, 0.05) is 36.8 Å². The lowest BCUT2D eigenvalue weighted by molar-refractivity contribution is 0.0941. The summed E-state index contributed by atoms with van der Waals surface area (Å²) in [6.07, 6.45) is 6.64. The number of imidazole rings is 1. The smallest absolute Gasteiger partial charge is 0.271 e. The minimum atomic E-state index is -0.0359. The summed E-state index contributed by atoms with van der Waals surface area (Å²) in [6.45, 7) is 9.70. The molecular formula is C25H35ClN4O. The first-order valence-electron chi connectivity index (χ1n) is 11.9. The van der Waals surface area contributed by atoms with Gasteiger partial charge in [-0.1, -0.05) is 31.9 Å². The highest BCUT2D eigenvalue weighted by atomic mass is 35.5. The number of aromatic nitrogens is 2. The number of fused-ring (bicyclic) bond motifs is 1. The highest BCUT2D eigenvalue weighted by Gasteiger charge is 2.25. The molecule has 1 fully saturated rings. The average molecular weight is 443 g/mol. The van der Waals surface area contributed by atoms with Crippen LogP contribution in [0.2, 0.25) is 5.02 Å². The number of likely N-dealkylation sites (tertiary alicyclic amines) is 1. The van der Waals surface area contributed by atoms with Crippen LogP contribution in [-0.2, 0) is 13.0 Å². The van der Waals surface area contributed by atoms with Crippen LogP contribution in [0.25, 0.3) is 11.4 Å². The molecule has 1 aromatic carbocycles. The zero-order valence-corrected chi connectivity index (χ0v) is 19.6. The molecule has 168 valence electrons. The van der Waals surface area contributed by atoms with Gasteiger partial charge in [-0.15, -0.1) is 0 Å². The van der Waals surface area contributed by atoms with E-state index < -0.39 is 0 Å². The van der Waals surface area contributed by atoms with Crippen molar-refractivity contribution >= 4 is 17.5 Å². The third-order valence-corrected chi connectivity index (χ3v) is 6.82. The molecular weight excluding hydrogens is 408 g/mol. The predicted octanol–water partition coefficient (Wildman–Crippen LogP) is 5.03. The van der Waals surface area contributed by atoms with Gasteiger partial charge >= 0.3 is 0 Å². The van der Waals surface area contributed by atoms with E-state index in [-0.39, 0.29) is 5.91 Å². The Morgan fingerprint density at radius 1 is 1.13 bits per heavy atom. The van der Waals surface area contributed by atoms with Crippen molar-refractivity contribution in [3.63, 3.8) is 0 Å². The lowest BCUT2D eigenvalue weighted by Crippen LogP contribution is -2.40. The van der Waals surface area contributed by atoms with Gasteiger partial charge in [0.2, 0.25) is 0 Å². The Hall–Kier alpha value is -1.85. The molecule has 4 rings (SSSR count). The summed E-state index contributed by atoms with van der Waals surface area (Å²) in [7, 11) is 0. The number of carbonyl (C=O) groups is 1. The van der Waals surface area contributed by atoms with Gasteiger partial charge in [-0.2, -0.15) is 0 Å². The van der Waals surface area contributed by atoms with Gasteiger partial charge in [0.1, 0.15) is 11.5 Å². The number of hydrogen-bond donors (Lipinski definition) is 1. The molecule has 3 heterocycles. The van der Waals surface area contributed by atoms with E-state index in [4.69, 9.17) is 16.6 Å². The molecule has 1 aromatic heterocycles. The molecule has 31 heavy (non-hydrogen) atoms. The zero-order chi connectivity index (χ0) is 21.8. The minimum Gasteiger partial charge on any atom is -0.351 e. The molecule has 0 radical (unpaired) electrons. The molecule has 2 aliphatic rings. The van der Waals surface area contributed by atoms with Crippen molar-refractivity contribution in [2.24, 2.45) is 11.8 Å². The fourth-order valence-electron chi connectivity index (χ4n) is 5.28. The van der Waals surface area contributed by atoms with Gasteiger partial charge in [-0.25, -0.2) is 4.98 Å². The van der Waals surface area contributed by atoms with Crippen LogP contribution in [0.1, 0.15) is 62.1 Å². The number of halogens is 1. The number of rotatable bonds is 6. The highest BCUT2D eigenvalue weighted by Crippen LogP contribution is 2.28. The number of hydrogen-bond acceptors (Lipinski definition) is 3. The van der Waals surface area contributed by atoms with E-state index in [0.29, 0.717) is 17.3 Å². The number of benzene rings is 1. The van der Waals surface area contributed by atoms with Crippen molar-refractivity contribution in [2.75, 3.05) is 26.2 Å². The third-order valence-electron chi connectivity index (χ3n) is 6.57. The van der Waals surface area contributed by atoms with Crippen molar-refractivity contribution in [1.82, 2.24) is 19.8 Å². The number of nitrogens with one attached hydrogen (secondary N) is 1. The van der Waals surface area contributed by atoms with Crippen LogP contribution in [0, 0.1) is 11.8 Å². The van der Waals surface area contributed by atoms with Crippen molar-refractivity contribution in [3.8, 4) is 11.4 Å². The first-order valence-corrected chi connectivity index (χ1v) is 12.2. The van der Waals surface area contributed by atoms with Crippen molar-refractivity contribution in [2.45, 2.75) is 58.9 Å². The van der Waals surface area contributed by atoms with Gasteiger partial charge in [-0.3, -0.25) is 4.79 Å².